The van der Waals surface area contributed by atoms with Crippen molar-refractivity contribution in [1.29, 1.82) is 0 Å². The number of halogens is 2. The highest BCUT2D eigenvalue weighted by Crippen LogP contribution is 2.26. The Labute approximate surface area is 223 Å². The van der Waals surface area contributed by atoms with Crippen molar-refractivity contribution in [3.63, 3.8) is 0 Å². The third-order valence-corrected chi connectivity index (χ3v) is 6.62. The third-order valence-electron chi connectivity index (χ3n) is 6.03. The molecule has 0 aliphatic carbocycles. The molecular formula is C30H34ClFN2O3. The molecular weight excluding hydrogens is 491 g/mol. The highest BCUT2D eigenvalue weighted by Gasteiger charge is 2.31. The second-order valence-electron chi connectivity index (χ2n) is 9.62. The van der Waals surface area contributed by atoms with Gasteiger partial charge >= 0.3 is 0 Å². The van der Waals surface area contributed by atoms with E-state index in [4.69, 9.17) is 16.3 Å². The van der Waals surface area contributed by atoms with Crippen LogP contribution in [0.3, 0.4) is 0 Å². The molecule has 5 nitrogen and oxygen atoms in total. The van der Waals surface area contributed by atoms with Crippen molar-refractivity contribution < 1.29 is 18.7 Å². The summed E-state index contributed by atoms with van der Waals surface area (Å²) in [6, 6.07) is 18.4. The van der Waals surface area contributed by atoms with Crippen LogP contribution in [0.4, 0.5) is 4.39 Å². The molecule has 0 saturated heterocycles. The molecule has 0 fully saturated rings. The number of aryl methyl sites for hydroxylation is 2. The van der Waals surface area contributed by atoms with Crippen molar-refractivity contribution in [1.82, 2.24) is 10.2 Å². The van der Waals surface area contributed by atoms with Crippen LogP contribution >= 0.6 is 11.6 Å². The van der Waals surface area contributed by atoms with E-state index in [1.54, 1.807) is 30.3 Å². The van der Waals surface area contributed by atoms with Crippen molar-refractivity contribution in [2.24, 2.45) is 5.92 Å². The predicted octanol–water partition coefficient (Wildman–Crippen LogP) is 5.89. The van der Waals surface area contributed by atoms with Gasteiger partial charge in [0.15, 0.2) is 6.61 Å². The van der Waals surface area contributed by atoms with Gasteiger partial charge in [0.25, 0.3) is 5.91 Å². The quantitative estimate of drug-likeness (QED) is 0.340. The molecule has 37 heavy (non-hydrogen) atoms. The molecule has 2 amide bonds. The molecule has 1 unspecified atom stereocenters. The van der Waals surface area contributed by atoms with Gasteiger partial charge in [-0.15, -0.1) is 0 Å². The standard InChI is InChI=1S/C30H34ClFN2O3/c1-20(2)17-33-30(36)27(16-23-10-6-5-7-11-23)34(18-24-12-8-9-13-26(24)32)28(35)19-37-25-14-21(3)29(31)22(4)15-25/h5-15,20,27H,16-19H2,1-4H3,(H,33,36). The van der Waals surface area contributed by atoms with Gasteiger partial charge in [-0.05, 0) is 54.7 Å². The fraction of sp³-hybridized carbons (Fsp3) is 0.333. The first kappa shape index (κ1) is 28.2. The molecule has 1 atom stereocenters. The number of rotatable bonds is 11. The van der Waals surface area contributed by atoms with Crippen LogP contribution in [0.1, 0.15) is 36.1 Å². The summed E-state index contributed by atoms with van der Waals surface area (Å²) in [5.41, 5.74) is 2.89. The largest absolute Gasteiger partial charge is 0.484 e. The van der Waals surface area contributed by atoms with E-state index in [9.17, 15) is 14.0 Å². The highest BCUT2D eigenvalue weighted by atomic mass is 35.5. The van der Waals surface area contributed by atoms with Gasteiger partial charge in [-0.3, -0.25) is 9.59 Å². The first-order valence-electron chi connectivity index (χ1n) is 12.4. The van der Waals surface area contributed by atoms with E-state index in [0.29, 0.717) is 22.9 Å². The molecule has 0 bridgehead atoms. The molecule has 3 rings (SSSR count). The first-order valence-corrected chi connectivity index (χ1v) is 12.8. The van der Waals surface area contributed by atoms with Crippen molar-refractivity contribution in [3.05, 3.63) is 99.8 Å². The SMILES string of the molecule is Cc1cc(OCC(=O)N(Cc2ccccc2F)C(Cc2ccccc2)C(=O)NCC(C)C)cc(C)c1Cl. The van der Waals surface area contributed by atoms with Crippen molar-refractivity contribution in [2.75, 3.05) is 13.2 Å². The van der Waals surface area contributed by atoms with Crippen LogP contribution in [0.2, 0.25) is 5.02 Å². The lowest BCUT2D eigenvalue weighted by molar-refractivity contribution is -0.142. The van der Waals surface area contributed by atoms with Crippen LogP contribution in [-0.4, -0.2) is 35.9 Å². The average Bonchev–Trinajstić information content (AvgIpc) is 2.88. The zero-order chi connectivity index (χ0) is 26.9. The van der Waals surface area contributed by atoms with E-state index in [-0.39, 0.29) is 31.4 Å². The summed E-state index contributed by atoms with van der Waals surface area (Å²) in [4.78, 5) is 28.4. The van der Waals surface area contributed by atoms with E-state index in [1.807, 2.05) is 58.0 Å². The molecule has 1 N–H and O–H groups in total. The lowest BCUT2D eigenvalue weighted by Crippen LogP contribution is -2.52. The minimum Gasteiger partial charge on any atom is -0.484 e. The van der Waals surface area contributed by atoms with Gasteiger partial charge in [0, 0.05) is 30.1 Å². The maximum Gasteiger partial charge on any atom is 0.261 e. The fourth-order valence-electron chi connectivity index (χ4n) is 4.00. The third kappa shape index (κ3) is 8.05. The normalized spacial score (nSPS) is 11.8. The Hall–Kier alpha value is -3.38. The van der Waals surface area contributed by atoms with Crippen molar-refractivity contribution in [3.8, 4) is 5.75 Å². The minimum absolute atomic E-state index is 0.0693. The zero-order valence-corrected chi connectivity index (χ0v) is 22.5. The lowest BCUT2D eigenvalue weighted by atomic mass is 10.0. The summed E-state index contributed by atoms with van der Waals surface area (Å²) in [5.74, 6) is -0.417. The number of carbonyl (C=O) groups excluding carboxylic acids is 2. The summed E-state index contributed by atoms with van der Waals surface area (Å²) < 4.78 is 20.5. The summed E-state index contributed by atoms with van der Waals surface area (Å²) in [7, 11) is 0. The molecule has 0 aliphatic rings. The average molecular weight is 525 g/mol. The number of hydrogen-bond donors (Lipinski definition) is 1. The summed E-state index contributed by atoms with van der Waals surface area (Å²) in [6.45, 7) is 7.81. The monoisotopic (exact) mass is 524 g/mol. The smallest absolute Gasteiger partial charge is 0.261 e. The number of hydrogen-bond acceptors (Lipinski definition) is 3. The van der Waals surface area contributed by atoms with Crippen molar-refractivity contribution >= 4 is 23.4 Å². The Morgan fingerprint density at radius 1 is 1.00 bits per heavy atom. The summed E-state index contributed by atoms with van der Waals surface area (Å²) in [6.07, 6.45) is 0.282. The van der Waals surface area contributed by atoms with Crippen molar-refractivity contribution in [2.45, 2.75) is 46.7 Å². The molecule has 3 aromatic rings. The Morgan fingerprint density at radius 2 is 1.62 bits per heavy atom. The second kappa shape index (κ2) is 13.2. The van der Waals surface area contributed by atoms with Gasteiger partial charge in [-0.25, -0.2) is 4.39 Å². The van der Waals surface area contributed by atoms with E-state index >= 15 is 0 Å². The molecule has 7 heteroatoms. The van der Waals surface area contributed by atoms with Gasteiger partial charge in [-0.2, -0.15) is 0 Å². The molecule has 0 radical (unpaired) electrons. The van der Waals surface area contributed by atoms with E-state index in [2.05, 4.69) is 5.32 Å². The Balaban J connectivity index is 1.92. The Bertz CT molecular complexity index is 1190. The van der Waals surface area contributed by atoms with Crippen LogP contribution < -0.4 is 10.1 Å². The summed E-state index contributed by atoms with van der Waals surface area (Å²) in [5, 5.41) is 3.59. The summed E-state index contributed by atoms with van der Waals surface area (Å²) >= 11 is 6.26. The van der Waals surface area contributed by atoms with E-state index in [0.717, 1.165) is 16.7 Å². The topological polar surface area (TPSA) is 58.6 Å². The Kier molecular flexibility index (Phi) is 10.1. The highest BCUT2D eigenvalue weighted by molar-refractivity contribution is 6.32. The molecule has 0 aliphatic heterocycles. The van der Waals surface area contributed by atoms with Crippen LogP contribution in [0.5, 0.6) is 5.75 Å². The van der Waals surface area contributed by atoms with Gasteiger partial charge in [0.2, 0.25) is 5.91 Å². The second-order valence-corrected chi connectivity index (χ2v) is 10.00. The number of ether oxygens (including phenoxy) is 1. The van der Waals surface area contributed by atoms with Gasteiger partial charge in [-0.1, -0.05) is 74.0 Å². The van der Waals surface area contributed by atoms with Crippen LogP contribution in [0.25, 0.3) is 0 Å². The first-order chi connectivity index (χ1) is 17.7. The van der Waals surface area contributed by atoms with Crippen LogP contribution in [-0.2, 0) is 22.6 Å². The zero-order valence-electron chi connectivity index (χ0n) is 21.8. The Morgan fingerprint density at radius 3 is 2.24 bits per heavy atom. The van der Waals surface area contributed by atoms with Gasteiger partial charge < -0.3 is 15.0 Å². The molecule has 0 spiro atoms. The fourth-order valence-corrected chi connectivity index (χ4v) is 4.11. The minimum atomic E-state index is -0.856. The van der Waals surface area contributed by atoms with E-state index in [1.165, 1.54) is 11.0 Å². The molecule has 0 saturated carbocycles. The van der Waals surface area contributed by atoms with Gasteiger partial charge in [0.1, 0.15) is 17.6 Å². The van der Waals surface area contributed by atoms with E-state index < -0.39 is 17.8 Å². The van der Waals surface area contributed by atoms with Gasteiger partial charge in [0.05, 0.1) is 0 Å². The number of amides is 2. The molecule has 0 aromatic heterocycles. The molecule has 3 aromatic carbocycles. The number of carbonyl (C=O) groups is 2. The van der Waals surface area contributed by atoms with Crippen LogP contribution in [0.15, 0.2) is 66.7 Å². The maximum atomic E-state index is 14.7. The maximum absolute atomic E-state index is 14.7. The predicted molar refractivity (Wildman–Crippen MR) is 145 cm³/mol. The lowest BCUT2D eigenvalue weighted by Gasteiger charge is -2.32. The molecule has 196 valence electrons. The van der Waals surface area contributed by atoms with Crippen LogP contribution in [0, 0.1) is 25.6 Å². The number of nitrogens with one attached hydrogen (secondary N) is 1. The number of nitrogens with zero attached hydrogens (tertiary/aromatic N) is 1. The molecule has 0 heterocycles. The number of benzene rings is 3.